The Morgan fingerprint density at radius 2 is 1.39 bits per heavy atom. The van der Waals surface area contributed by atoms with E-state index in [1.54, 1.807) is 0 Å². The fourth-order valence-electron chi connectivity index (χ4n) is 4.54. The van der Waals surface area contributed by atoms with Crippen LogP contribution in [0.3, 0.4) is 0 Å². The van der Waals surface area contributed by atoms with Crippen molar-refractivity contribution in [2.75, 3.05) is 13.2 Å². The smallest absolute Gasteiger partial charge is 0.249 e. The monoisotopic (exact) mass is 551 g/mol. The number of ether oxygens (including phenoxy) is 2. The summed E-state index contributed by atoms with van der Waals surface area (Å²) in [6.07, 6.45) is 0.513. The van der Waals surface area contributed by atoms with E-state index in [4.69, 9.17) is 9.47 Å². The van der Waals surface area contributed by atoms with Crippen molar-refractivity contribution in [3.8, 4) is 0 Å². The minimum atomic E-state index is -1.65. The van der Waals surface area contributed by atoms with Gasteiger partial charge in [0.15, 0.2) is 6.29 Å². The standard InChI is InChI=1S/C27H53NO10/c1-3-5-7-8-9-10-11-12-13-15-20(31)26(36)28-18(22(32)19(30)14-6-4-2)17-37-27-25(35)24(34)23(33)21(16-29)38-27/h18-25,27,29-35H,3-17H2,1-2H3,(H,28,36). The van der Waals surface area contributed by atoms with E-state index in [1.165, 1.54) is 32.1 Å². The molecule has 1 amide bonds. The summed E-state index contributed by atoms with van der Waals surface area (Å²) in [7, 11) is 0. The van der Waals surface area contributed by atoms with Gasteiger partial charge in [-0.05, 0) is 12.8 Å². The van der Waals surface area contributed by atoms with Crippen LogP contribution in [0.2, 0.25) is 0 Å². The Kier molecular flexibility index (Phi) is 18.5. The van der Waals surface area contributed by atoms with Crippen LogP contribution in [0.15, 0.2) is 0 Å². The molecular weight excluding hydrogens is 498 g/mol. The van der Waals surface area contributed by atoms with E-state index in [0.717, 1.165) is 25.7 Å². The largest absolute Gasteiger partial charge is 0.394 e. The van der Waals surface area contributed by atoms with Gasteiger partial charge in [-0.1, -0.05) is 84.5 Å². The molecule has 0 bridgehead atoms. The molecule has 8 N–H and O–H groups in total. The zero-order valence-corrected chi connectivity index (χ0v) is 23.2. The number of carbonyl (C=O) groups excluding carboxylic acids is 1. The summed E-state index contributed by atoms with van der Waals surface area (Å²) in [6, 6.07) is -1.15. The molecule has 226 valence electrons. The average molecular weight is 552 g/mol. The van der Waals surface area contributed by atoms with Gasteiger partial charge in [-0.2, -0.15) is 0 Å². The van der Waals surface area contributed by atoms with Crippen LogP contribution in [0.5, 0.6) is 0 Å². The Balaban J connectivity index is 2.62. The molecular formula is C27H53NO10. The molecule has 1 saturated heterocycles. The fourth-order valence-corrected chi connectivity index (χ4v) is 4.54. The van der Waals surface area contributed by atoms with Gasteiger partial charge in [-0.25, -0.2) is 0 Å². The number of hydrogen-bond acceptors (Lipinski definition) is 10. The SMILES string of the molecule is CCCCCCCCCCCC(O)C(=O)NC(COC1OC(CO)C(O)C(O)C1O)C(O)C(O)CCCC. The maximum atomic E-state index is 12.7. The first-order valence-electron chi connectivity index (χ1n) is 14.4. The summed E-state index contributed by atoms with van der Waals surface area (Å²) in [5, 5.41) is 73.5. The molecule has 1 aliphatic rings. The van der Waals surface area contributed by atoms with Crippen LogP contribution in [0.4, 0.5) is 0 Å². The summed E-state index contributed by atoms with van der Waals surface area (Å²) in [4.78, 5) is 12.7. The Morgan fingerprint density at radius 3 is 1.97 bits per heavy atom. The minimum absolute atomic E-state index is 0.260. The van der Waals surface area contributed by atoms with Crippen molar-refractivity contribution >= 4 is 5.91 Å². The molecule has 1 heterocycles. The lowest BCUT2D eigenvalue weighted by molar-refractivity contribution is -0.303. The van der Waals surface area contributed by atoms with Gasteiger partial charge in [0.1, 0.15) is 36.6 Å². The van der Waals surface area contributed by atoms with Crippen LogP contribution in [0.1, 0.15) is 97.3 Å². The molecule has 0 saturated carbocycles. The fraction of sp³-hybridized carbons (Fsp3) is 0.963. The number of nitrogens with one attached hydrogen (secondary N) is 1. The van der Waals surface area contributed by atoms with Crippen molar-refractivity contribution in [2.45, 2.75) is 152 Å². The third kappa shape index (κ3) is 12.5. The third-order valence-electron chi connectivity index (χ3n) is 7.16. The van der Waals surface area contributed by atoms with E-state index < -0.39 is 74.2 Å². The number of amides is 1. The van der Waals surface area contributed by atoms with Crippen LogP contribution in [-0.2, 0) is 14.3 Å². The predicted octanol–water partition coefficient (Wildman–Crippen LogP) is 0.482. The first-order chi connectivity index (χ1) is 18.2. The lowest BCUT2D eigenvalue weighted by Gasteiger charge is -2.40. The first kappa shape index (κ1) is 35.1. The van der Waals surface area contributed by atoms with Gasteiger partial charge in [-0.3, -0.25) is 4.79 Å². The molecule has 38 heavy (non-hydrogen) atoms. The number of aliphatic hydroxyl groups excluding tert-OH is 7. The molecule has 0 aromatic heterocycles. The number of aliphatic hydroxyl groups is 7. The van der Waals surface area contributed by atoms with Crippen molar-refractivity contribution < 1.29 is 50.0 Å². The summed E-state index contributed by atoms with van der Waals surface area (Å²) in [6.45, 7) is 3.06. The molecule has 0 aromatic rings. The van der Waals surface area contributed by atoms with Gasteiger partial charge in [0, 0.05) is 0 Å². The van der Waals surface area contributed by atoms with Crippen LogP contribution >= 0.6 is 0 Å². The quantitative estimate of drug-likeness (QED) is 0.0932. The van der Waals surface area contributed by atoms with E-state index >= 15 is 0 Å². The highest BCUT2D eigenvalue weighted by atomic mass is 16.7. The summed E-state index contributed by atoms with van der Waals surface area (Å²) in [5.41, 5.74) is 0. The summed E-state index contributed by atoms with van der Waals surface area (Å²) in [5.74, 6) is -0.714. The lowest BCUT2D eigenvalue weighted by Crippen LogP contribution is -2.60. The van der Waals surface area contributed by atoms with Crippen molar-refractivity contribution in [3.05, 3.63) is 0 Å². The van der Waals surface area contributed by atoms with Crippen LogP contribution in [0, 0.1) is 0 Å². The highest BCUT2D eigenvalue weighted by Crippen LogP contribution is 2.22. The Hall–Kier alpha value is -0.890. The molecule has 11 nitrogen and oxygen atoms in total. The van der Waals surface area contributed by atoms with Crippen molar-refractivity contribution in [2.24, 2.45) is 0 Å². The van der Waals surface area contributed by atoms with Crippen molar-refractivity contribution in [3.63, 3.8) is 0 Å². The van der Waals surface area contributed by atoms with Crippen LogP contribution in [-0.4, -0.2) is 110 Å². The van der Waals surface area contributed by atoms with Gasteiger partial charge in [0.25, 0.3) is 0 Å². The van der Waals surface area contributed by atoms with E-state index in [-0.39, 0.29) is 12.8 Å². The average Bonchev–Trinajstić information content (AvgIpc) is 2.91. The van der Waals surface area contributed by atoms with Gasteiger partial charge in [0.05, 0.1) is 25.4 Å². The molecule has 0 aliphatic carbocycles. The number of rotatable bonds is 21. The number of hydrogen-bond donors (Lipinski definition) is 8. The van der Waals surface area contributed by atoms with E-state index in [2.05, 4.69) is 12.2 Å². The van der Waals surface area contributed by atoms with Gasteiger partial charge >= 0.3 is 0 Å². The van der Waals surface area contributed by atoms with Crippen LogP contribution in [0.25, 0.3) is 0 Å². The Bertz CT molecular complexity index is 610. The molecule has 0 aromatic carbocycles. The zero-order chi connectivity index (χ0) is 28.5. The second-order valence-electron chi connectivity index (χ2n) is 10.5. The number of carbonyl (C=O) groups is 1. The molecule has 9 unspecified atom stereocenters. The third-order valence-corrected chi connectivity index (χ3v) is 7.16. The van der Waals surface area contributed by atoms with E-state index in [0.29, 0.717) is 12.8 Å². The molecule has 1 aliphatic heterocycles. The highest BCUT2D eigenvalue weighted by molar-refractivity contribution is 5.80. The zero-order valence-electron chi connectivity index (χ0n) is 23.2. The summed E-state index contributed by atoms with van der Waals surface area (Å²) >= 11 is 0. The maximum Gasteiger partial charge on any atom is 0.249 e. The Morgan fingerprint density at radius 1 is 0.816 bits per heavy atom. The van der Waals surface area contributed by atoms with Crippen LogP contribution < -0.4 is 5.32 Å². The molecule has 9 atom stereocenters. The molecule has 0 spiro atoms. The highest BCUT2D eigenvalue weighted by Gasteiger charge is 2.44. The van der Waals surface area contributed by atoms with Gasteiger partial charge < -0.3 is 50.5 Å². The molecule has 1 fully saturated rings. The minimum Gasteiger partial charge on any atom is -0.394 e. The predicted molar refractivity (Wildman–Crippen MR) is 141 cm³/mol. The lowest BCUT2D eigenvalue weighted by atomic mass is 9.99. The topological polar surface area (TPSA) is 189 Å². The molecule has 1 rings (SSSR count). The van der Waals surface area contributed by atoms with Crippen molar-refractivity contribution in [1.29, 1.82) is 0 Å². The molecule has 11 heteroatoms. The second kappa shape index (κ2) is 20.1. The van der Waals surface area contributed by atoms with Gasteiger partial charge in [-0.15, -0.1) is 0 Å². The maximum absolute atomic E-state index is 12.7. The first-order valence-corrected chi connectivity index (χ1v) is 14.4. The normalized spacial score (nSPS) is 27.0. The molecule has 0 radical (unpaired) electrons. The summed E-state index contributed by atoms with van der Waals surface area (Å²) < 4.78 is 10.8. The van der Waals surface area contributed by atoms with Gasteiger partial charge in [0.2, 0.25) is 5.91 Å². The van der Waals surface area contributed by atoms with Crippen molar-refractivity contribution in [1.82, 2.24) is 5.32 Å². The second-order valence-corrected chi connectivity index (χ2v) is 10.5. The van der Waals surface area contributed by atoms with E-state index in [9.17, 15) is 40.5 Å². The Labute approximate surface area is 227 Å². The van der Waals surface area contributed by atoms with E-state index in [1.807, 2.05) is 6.92 Å². The number of unbranched alkanes of at least 4 members (excludes halogenated alkanes) is 9.